The van der Waals surface area contributed by atoms with Gasteiger partial charge in [0, 0.05) is 10.5 Å². The van der Waals surface area contributed by atoms with Gasteiger partial charge < -0.3 is 5.73 Å². The van der Waals surface area contributed by atoms with Crippen molar-refractivity contribution in [3.63, 3.8) is 0 Å². The number of benzene rings is 1. The van der Waals surface area contributed by atoms with Gasteiger partial charge in [0.1, 0.15) is 18.1 Å². The number of nitrogens with one attached hydrogen (secondary N) is 1. The van der Waals surface area contributed by atoms with Crippen molar-refractivity contribution in [1.29, 1.82) is 0 Å². The Morgan fingerprint density at radius 1 is 1.19 bits per heavy atom. The SMILES string of the molecule is Nc1nc2cnc(-c3ccccc3)c[n+]2[nH]1. The number of nitrogens with zero attached hydrogens (tertiary/aromatic N) is 3. The number of H-pyrrole nitrogens is 1. The van der Waals surface area contributed by atoms with Gasteiger partial charge in [0.25, 0.3) is 0 Å². The normalized spacial score (nSPS) is 10.8. The van der Waals surface area contributed by atoms with Gasteiger partial charge in [0.05, 0.1) is 0 Å². The number of nitrogen functional groups attached to an aromatic ring is 1. The first-order valence-electron chi connectivity index (χ1n) is 4.91. The highest BCUT2D eigenvalue weighted by molar-refractivity contribution is 5.57. The number of hydrogen-bond acceptors (Lipinski definition) is 3. The van der Waals surface area contributed by atoms with Crippen molar-refractivity contribution in [2.45, 2.75) is 0 Å². The Morgan fingerprint density at radius 2 is 2.00 bits per heavy atom. The fourth-order valence-electron chi connectivity index (χ4n) is 1.61. The Kier molecular flexibility index (Phi) is 1.83. The maximum atomic E-state index is 5.56. The van der Waals surface area contributed by atoms with Crippen LogP contribution in [0.1, 0.15) is 0 Å². The van der Waals surface area contributed by atoms with E-state index in [1.165, 1.54) is 0 Å². The summed E-state index contributed by atoms with van der Waals surface area (Å²) in [6.45, 7) is 0. The molecule has 0 radical (unpaired) electrons. The van der Waals surface area contributed by atoms with Crippen molar-refractivity contribution in [3.8, 4) is 11.3 Å². The summed E-state index contributed by atoms with van der Waals surface area (Å²) in [6, 6.07) is 9.95. The lowest BCUT2D eigenvalue weighted by molar-refractivity contribution is -0.576. The molecule has 0 saturated heterocycles. The molecule has 3 aromatic rings. The highest BCUT2D eigenvalue weighted by Gasteiger charge is 2.11. The molecule has 0 saturated carbocycles. The first kappa shape index (κ1) is 8.84. The van der Waals surface area contributed by atoms with Crippen molar-refractivity contribution in [2.24, 2.45) is 0 Å². The molecular weight excluding hydrogens is 202 g/mol. The molecule has 2 aromatic heterocycles. The molecule has 0 aliphatic heterocycles. The van der Waals surface area contributed by atoms with Crippen LogP contribution in [-0.4, -0.2) is 15.1 Å². The summed E-state index contributed by atoms with van der Waals surface area (Å²) in [6.07, 6.45) is 3.56. The Morgan fingerprint density at radius 3 is 2.81 bits per heavy atom. The average Bonchev–Trinajstić information content (AvgIpc) is 2.69. The van der Waals surface area contributed by atoms with Gasteiger partial charge in [-0.15, -0.1) is 4.52 Å². The molecule has 0 aliphatic carbocycles. The van der Waals surface area contributed by atoms with E-state index >= 15 is 0 Å². The molecular formula is C11H10N5+. The van der Waals surface area contributed by atoms with E-state index in [-0.39, 0.29) is 0 Å². The maximum Gasteiger partial charge on any atom is 0.369 e. The molecule has 0 aliphatic rings. The molecule has 5 heteroatoms. The van der Waals surface area contributed by atoms with Crippen molar-refractivity contribution < 1.29 is 4.52 Å². The van der Waals surface area contributed by atoms with Crippen molar-refractivity contribution in [2.75, 3.05) is 5.73 Å². The molecule has 0 bridgehead atoms. The minimum absolute atomic E-state index is 0.381. The van der Waals surface area contributed by atoms with Gasteiger partial charge in [-0.3, -0.25) is 0 Å². The van der Waals surface area contributed by atoms with Crippen LogP contribution in [-0.2, 0) is 0 Å². The highest BCUT2D eigenvalue weighted by Crippen LogP contribution is 2.13. The van der Waals surface area contributed by atoms with Gasteiger partial charge in [-0.25, -0.2) is 4.98 Å². The monoisotopic (exact) mass is 212 g/mol. The van der Waals surface area contributed by atoms with Crippen molar-refractivity contribution in [3.05, 3.63) is 42.7 Å². The minimum Gasteiger partial charge on any atom is -0.345 e. The second-order valence-electron chi connectivity index (χ2n) is 3.48. The van der Waals surface area contributed by atoms with Gasteiger partial charge in [0.2, 0.25) is 0 Å². The van der Waals surface area contributed by atoms with E-state index in [4.69, 9.17) is 5.73 Å². The van der Waals surface area contributed by atoms with Crippen molar-refractivity contribution in [1.82, 2.24) is 15.1 Å². The molecule has 0 amide bonds. The third-order valence-electron chi connectivity index (χ3n) is 2.36. The second kappa shape index (κ2) is 3.30. The molecule has 3 N–H and O–H groups in total. The summed E-state index contributed by atoms with van der Waals surface area (Å²) >= 11 is 0. The number of nitrogens with two attached hydrogens (primary N) is 1. The summed E-state index contributed by atoms with van der Waals surface area (Å²) < 4.78 is 1.75. The van der Waals surface area contributed by atoms with Gasteiger partial charge in [0.15, 0.2) is 0 Å². The molecule has 3 rings (SSSR count). The fraction of sp³-hybridized carbons (Fsp3) is 0. The second-order valence-corrected chi connectivity index (χ2v) is 3.48. The first-order chi connectivity index (χ1) is 7.83. The molecule has 1 aromatic carbocycles. The quantitative estimate of drug-likeness (QED) is 0.586. The molecule has 78 valence electrons. The molecule has 0 fully saturated rings. The fourth-order valence-corrected chi connectivity index (χ4v) is 1.61. The third-order valence-corrected chi connectivity index (χ3v) is 2.36. The Bertz CT molecular complexity index is 629. The van der Waals surface area contributed by atoms with Crippen LogP contribution in [0.2, 0.25) is 0 Å². The van der Waals surface area contributed by atoms with Crippen LogP contribution in [0.15, 0.2) is 42.7 Å². The van der Waals surface area contributed by atoms with Gasteiger partial charge in [-0.1, -0.05) is 30.3 Å². The summed E-state index contributed by atoms with van der Waals surface area (Å²) in [5, 5.41) is 2.91. The van der Waals surface area contributed by atoms with E-state index in [0.29, 0.717) is 11.6 Å². The maximum absolute atomic E-state index is 5.56. The topological polar surface area (TPSA) is 71.7 Å². The van der Waals surface area contributed by atoms with Crippen LogP contribution in [0, 0.1) is 0 Å². The largest absolute Gasteiger partial charge is 0.369 e. The van der Waals surface area contributed by atoms with Gasteiger partial charge >= 0.3 is 11.6 Å². The van der Waals surface area contributed by atoms with E-state index < -0.39 is 0 Å². The first-order valence-corrected chi connectivity index (χ1v) is 4.91. The van der Waals surface area contributed by atoms with E-state index in [2.05, 4.69) is 15.1 Å². The summed E-state index contributed by atoms with van der Waals surface area (Å²) in [7, 11) is 0. The van der Waals surface area contributed by atoms with Crippen LogP contribution in [0.3, 0.4) is 0 Å². The summed E-state index contributed by atoms with van der Waals surface area (Å²) in [4.78, 5) is 8.40. The van der Waals surface area contributed by atoms with E-state index in [9.17, 15) is 0 Å². The molecule has 0 spiro atoms. The Balaban J connectivity index is 2.18. The lowest BCUT2D eigenvalue weighted by Gasteiger charge is -1.96. The van der Waals surface area contributed by atoms with Crippen LogP contribution < -0.4 is 10.2 Å². The van der Waals surface area contributed by atoms with Crippen LogP contribution in [0.5, 0.6) is 0 Å². The number of aromatic amines is 1. The van der Waals surface area contributed by atoms with Gasteiger partial charge in [-0.05, 0) is 0 Å². The van der Waals surface area contributed by atoms with Crippen molar-refractivity contribution >= 4 is 11.6 Å². The number of rotatable bonds is 1. The number of hydrogen-bond donors (Lipinski definition) is 2. The third kappa shape index (κ3) is 1.38. The zero-order valence-electron chi connectivity index (χ0n) is 8.46. The zero-order valence-corrected chi connectivity index (χ0v) is 8.46. The van der Waals surface area contributed by atoms with E-state index in [1.54, 1.807) is 10.7 Å². The minimum atomic E-state index is 0.381. The van der Waals surface area contributed by atoms with E-state index in [1.807, 2.05) is 36.5 Å². The van der Waals surface area contributed by atoms with Gasteiger partial charge in [-0.2, -0.15) is 5.10 Å². The predicted octanol–water partition coefficient (Wildman–Crippen LogP) is 0.793. The van der Waals surface area contributed by atoms with Crippen LogP contribution in [0.25, 0.3) is 16.9 Å². The molecule has 5 nitrogen and oxygen atoms in total. The Labute approximate surface area is 91.6 Å². The molecule has 0 unspecified atom stereocenters. The smallest absolute Gasteiger partial charge is 0.345 e. The highest BCUT2D eigenvalue weighted by atomic mass is 15.3. The lowest BCUT2D eigenvalue weighted by atomic mass is 10.2. The van der Waals surface area contributed by atoms with Crippen LogP contribution in [0.4, 0.5) is 5.95 Å². The molecule has 0 atom stereocenters. The van der Waals surface area contributed by atoms with E-state index in [0.717, 1.165) is 11.3 Å². The average molecular weight is 212 g/mol. The number of aromatic nitrogens is 4. The lowest BCUT2D eigenvalue weighted by Crippen LogP contribution is -2.23. The Hall–Kier alpha value is -2.43. The number of anilines is 1. The molecule has 2 heterocycles. The standard InChI is InChI=1S/C11H9N5/c12-11-14-10-6-13-9(7-16(10)15-11)8-4-2-1-3-5-8/h1-7H,(H2,12,15)/p+1. The summed E-state index contributed by atoms with van der Waals surface area (Å²) in [5.41, 5.74) is 8.21. The zero-order chi connectivity index (χ0) is 11.0. The van der Waals surface area contributed by atoms with Crippen LogP contribution >= 0.6 is 0 Å². The summed E-state index contributed by atoms with van der Waals surface area (Å²) in [5.74, 6) is 0.381. The predicted molar refractivity (Wildman–Crippen MR) is 59.4 cm³/mol. The number of fused-ring (bicyclic) bond motifs is 1. The molecule has 16 heavy (non-hydrogen) atoms.